The van der Waals surface area contributed by atoms with E-state index in [0.29, 0.717) is 0 Å². The van der Waals surface area contributed by atoms with Gasteiger partial charge in [-0.2, -0.15) is 0 Å². The smallest absolute Gasteiger partial charge is 0.0806 e. The van der Waals surface area contributed by atoms with Crippen LogP contribution in [0, 0.1) is 0 Å². The largest absolute Gasteiger partial charge is 0.374 e. The molecule has 0 aromatic carbocycles. The zero-order chi connectivity index (χ0) is 10.3. The quantitative estimate of drug-likeness (QED) is 0.710. The lowest BCUT2D eigenvalue weighted by Crippen LogP contribution is -2.44. The van der Waals surface area contributed by atoms with Gasteiger partial charge in [0.25, 0.3) is 0 Å². The Morgan fingerprint density at radius 1 is 1.14 bits per heavy atom. The summed E-state index contributed by atoms with van der Waals surface area (Å²) in [7, 11) is 0. The van der Waals surface area contributed by atoms with Gasteiger partial charge in [0.05, 0.1) is 5.60 Å². The van der Waals surface area contributed by atoms with E-state index in [1.165, 1.54) is 32.1 Å². The van der Waals surface area contributed by atoms with Gasteiger partial charge in [0.2, 0.25) is 0 Å². The lowest BCUT2D eigenvalue weighted by Gasteiger charge is -2.37. The summed E-state index contributed by atoms with van der Waals surface area (Å²) in [5, 5.41) is 3.44. The van der Waals surface area contributed by atoms with Gasteiger partial charge in [-0.15, -0.1) is 0 Å². The van der Waals surface area contributed by atoms with E-state index in [1.807, 2.05) is 0 Å². The Hall–Kier alpha value is -0.0800. The number of nitrogens with one attached hydrogen (secondary N) is 1. The van der Waals surface area contributed by atoms with Crippen LogP contribution in [0.2, 0.25) is 0 Å². The Morgan fingerprint density at radius 3 is 2.43 bits per heavy atom. The highest BCUT2D eigenvalue weighted by Crippen LogP contribution is 2.31. The minimum absolute atomic E-state index is 0.171. The van der Waals surface area contributed by atoms with Crippen LogP contribution in [0.4, 0.5) is 0 Å². The second-order valence-electron chi connectivity index (χ2n) is 4.37. The van der Waals surface area contributed by atoms with Crippen LogP contribution in [-0.4, -0.2) is 25.3 Å². The molecular weight excluding hydrogens is 174 g/mol. The van der Waals surface area contributed by atoms with Crippen LogP contribution < -0.4 is 5.32 Å². The molecular formula is C12H25NO. The molecule has 1 aliphatic carbocycles. The molecule has 0 heterocycles. The molecule has 0 saturated heterocycles. The molecule has 0 aromatic heterocycles. The molecule has 1 saturated carbocycles. The molecule has 1 aliphatic rings. The summed E-state index contributed by atoms with van der Waals surface area (Å²) in [6.07, 6.45) is 7.71. The lowest BCUT2D eigenvalue weighted by molar-refractivity contribution is -0.0678. The molecule has 1 rings (SSSR count). The highest BCUT2D eigenvalue weighted by Gasteiger charge is 2.31. The summed E-state index contributed by atoms with van der Waals surface area (Å²) in [5.74, 6) is 0. The summed E-state index contributed by atoms with van der Waals surface area (Å²) >= 11 is 0. The second kappa shape index (κ2) is 6.41. The SMILES string of the molecule is CCCOC1(CNCC)CCCCC1. The summed E-state index contributed by atoms with van der Waals surface area (Å²) in [5.41, 5.74) is 0.171. The van der Waals surface area contributed by atoms with Gasteiger partial charge in [-0.25, -0.2) is 0 Å². The molecule has 2 heteroatoms. The van der Waals surface area contributed by atoms with E-state index in [-0.39, 0.29) is 5.60 Å². The monoisotopic (exact) mass is 199 g/mol. The molecule has 0 spiro atoms. The average Bonchev–Trinajstić information content (AvgIpc) is 2.25. The van der Waals surface area contributed by atoms with Crippen molar-refractivity contribution < 1.29 is 4.74 Å². The van der Waals surface area contributed by atoms with E-state index < -0.39 is 0 Å². The van der Waals surface area contributed by atoms with Crippen LogP contribution in [-0.2, 0) is 4.74 Å². The van der Waals surface area contributed by atoms with E-state index in [9.17, 15) is 0 Å². The van der Waals surface area contributed by atoms with Crippen molar-refractivity contribution in [3.8, 4) is 0 Å². The number of likely N-dealkylation sites (N-methyl/N-ethyl adjacent to an activating group) is 1. The Morgan fingerprint density at radius 2 is 1.86 bits per heavy atom. The Kier molecular flexibility index (Phi) is 5.49. The topological polar surface area (TPSA) is 21.3 Å². The standard InChI is InChI=1S/C12H25NO/c1-3-10-14-12(11-13-4-2)8-6-5-7-9-12/h13H,3-11H2,1-2H3. The summed E-state index contributed by atoms with van der Waals surface area (Å²) in [6.45, 7) is 7.37. The Balaban J connectivity index is 2.39. The van der Waals surface area contributed by atoms with Gasteiger partial charge in [0.1, 0.15) is 0 Å². The number of hydrogen-bond acceptors (Lipinski definition) is 2. The lowest BCUT2D eigenvalue weighted by atomic mass is 9.84. The first-order valence-corrected chi connectivity index (χ1v) is 6.17. The van der Waals surface area contributed by atoms with Crippen molar-refractivity contribution in [1.82, 2.24) is 5.32 Å². The molecule has 0 amide bonds. The van der Waals surface area contributed by atoms with E-state index >= 15 is 0 Å². The van der Waals surface area contributed by atoms with Gasteiger partial charge < -0.3 is 10.1 Å². The predicted molar refractivity (Wildman–Crippen MR) is 60.6 cm³/mol. The molecule has 0 bridgehead atoms. The fourth-order valence-electron chi connectivity index (χ4n) is 2.24. The second-order valence-corrected chi connectivity index (χ2v) is 4.37. The fraction of sp³-hybridized carbons (Fsp3) is 1.00. The highest BCUT2D eigenvalue weighted by molar-refractivity contribution is 4.86. The van der Waals surface area contributed by atoms with Gasteiger partial charge in [-0.1, -0.05) is 33.1 Å². The van der Waals surface area contributed by atoms with Crippen molar-refractivity contribution in [2.24, 2.45) is 0 Å². The number of hydrogen-bond donors (Lipinski definition) is 1. The van der Waals surface area contributed by atoms with Crippen LogP contribution in [0.25, 0.3) is 0 Å². The first-order chi connectivity index (χ1) is 6.83. The van der Waals surface area contributed by atoms with E-state index in [2.05, 4.69) is 19.2 Å². The first-order valence-electron chi connectivity index (χ1n) is 6.17. The van der Waals surface area contributed by atoms with Crippen molar-refractivity contribution in [2.45, 2.75) is 58.0 Å². The van der Waals surface area contributed by atoms with Gasteiger partial charge in [0.15, 0.2) is 0 Å². The molecule has 0 radical (unpaired) electrons. The first kappa shape index (κ1) is 12.0. The van der Waals surface area contributed by atoms with Crippen LogP contribution in [0.1, 0.15) is 52.4 Å². The van der Waals surface area contributed by atoms with Gasteiger partial charge in [-0.3, -0.25) is 0 Å². The Bertz CT molecular complexity index is 131. The zero-order valence-corrected chi connectivity index (χ0v) is 9.77. The van der Waals surface area contributed by atoms with E-state index in [1.54, 1.807) is 0 Å². The van der Waals surface area contributed by atoms with Gasteiger partial charge >= 0.3 is 0 Å². The highest BCUT2D eigenvalue weighted by atomic mass is 16.5. The van der Waals surface area contributed by atoms with Gasteiger partial charge in [-0.05, 0) is 25.8 Å². The van der Waals surface area contributed by atoms with E-state index in [0.717, 1.165) is 26.1 Å². The summed E-state index contributed by atoms with van der Waals surface area (Å²) in [4.78, 5) is 0. The molecule has 14 heavy (non-hydrogen) atoms. The van der Waals surface area contributed by atoms with Crippen molar-refractivity contribution in [2.75, 3.05) is 19.7 Å². The maximum atomic E-state index is 6.06. The predicted octanol–water partition coefficient (Wildman–Crippen LogP) is 2.73. The molecule has 0 atom stereocenters. The minimum Gasteiger partial charge on any atom is -0.374 e. The van der Waals surface area contributed by atoms with Crippen molar-refractivity contribution >= 4 is 0 Å². The molecule has 1 fully saturated rings. The van der Waals surface area contributed by atoms with Crippen LogP contribution in [0.15, 0.2) is 0 Å². The van der Waals surface area contributed by atoms with Gasteiger partial charge in [0, 0.05) is 13.2 Å². The Labute approximate surface area is 88.4 Å². The molecule has 0 aliphatic heterocycles. The average molecular weight is 199 g/mol. The van der Waals surface area contributed by atoms with Crippen LogP contribution in [0.3, 0.4) is 0 Å². The number of ether oxygens (including phenoxy) is 1. The van der Waals surface area contributed by atoms with Crippen molar-refractivity contribution in [1.29, 1.82) is 0 Å². The molecule has 2 nitrogen and oxygen atoms in total. The minimum atomic E-state index is 0.171. The maximum Gasteiger partial charge on any atom is 0.0806 e. The van der Waals surface area contributed by atoms with Crippen LogP contribution >= 0.6 is 0 Å². The van der Waals surface area contributed by atoms with Crippen molar-refractivity contribution in [3.63, 3.8) is 0 Å². The molecule has 84 valence electrons. The third-order valence-corrected chi connectivity index (χ3v) is 3.07. The third-order valence-electron chi connectivity index (χ3n) is 3.07. The normalized spacial score (nSPS) is 21.0. The number of rotatable bonds is 6. The molecule has 0 unspecified atom stereocenters. The van der Waals surface area contributed by atoms with Crippen LogP contribution in [0.5, 0.6) is 0 Å². The molecule has 0 aromatic rings. The third kappa shape index (κ3) is 3.58. The fourth-order valence-corrected chi connectivity index (χ4v) is 2.24. The molecule has 1 N–H and O–H groups in total. The summed E-state index contributed by atoms with van der Waals surface area (Å²) in [6, 6.07) is 0. The maximum absolute atomic E-state index is 6.06. The van der Waals surface area contributed by atoms with Crippen molar-refractivity contribution in [3.05, 3.63) is 0 Å². The zero-order valence-electron chi connectivity index (χ0n) is 9.77. The summed E-state index contributed by atoms with van der Waals surface area (Å²) < 4.78 is 6.06. The van der Waals surface area contributed by atoms with E-state index in [4.69, 9.17) is 4.74 Å².